The van der Waals surface area contributed by atoms with Crippen molar-refractivity contribution in [2.75, 3.05) is 7.05 Å². The highest BCUT2D eigenvalue weighted by atomic mass is 32.1. The summed E-state index contributed by atoms with van der Waals surface area (Å²) in [5.74, 6) is 0. The van der Waals surface area contributed by atoms with E-state index in [-0.39, 0.29) is 0 Å². The van der Waals surface area contributed by atoms with Crippen molar-refractivity contribution in [1.29, 1.82) is 0 Å². The zero-order chi connectivity index (χ0) is 14.5. The van der Waals surface area contributed by atoms with Crippen LogP contribution in [0.25, 0.3) is 0 Å². The third-order valence-electron chi connectivity index (χ3n) is 3.89. The highest BCUT2D eigenvalue weighted by Gasteiger charge is 2.15. The van der Waals surface area contributed by atoms with Crippen LogP contribution >= 0.6 is 11.3 Å². The van der Waals surface area contributed by atoms with Crippen molar-refractivity contribution in [2.45, 2.75) is 46.1 Å². The van der Waals surface area contributed by atoms with Crippen LogP contribution < -0.4 is 5.32 Å². The van der Waals surface area contributed by atoms with Gasteiger partial charge < -0.3 is 5.32 Å². The van der Waals surface area contributed by atoms with E-state index in [1.807, 2.05) is 18.4 Å². The number of thiophene rings is 1. The SMILES string of the molecule is CCCCc1ccc(C(NC)c2cc(C)c(C)s2)cc1. The fourth-order valence-corrected chi connectivity index (χ4v) is 3.66. The summed E-state index contributed by atoms with van der Waals surface area (Å²) >= 11 is 1.90. The van der Waals surface area contributed by atoms with Crippen molar-refractivity contribution in [3.8, 4) is 0 Å². The molecule has 2 aromatic rings. The van der Waals surface area contributed by atoms with E-state index in [9.17, 15) is 0 Å². The van der Waals surface area contributed by atoms with E-state index in [2.05, 4.69) is 56.4 Å². The normalized spacial score (nSPS) is 12.6. The van der Waals surface area contributed by atoms with Gasteiger partial charge in [0.1, 0.15) is 0 Å². The van der Waals surface area contributed by atoms with Crippen molar-refractivity contribution in [1.82, 2.24) is 5.32 Å². The number of nitrogens with one attached hydrogen (secondary N) is 1. The van der Waals surface area contributed by atoms with Crippen molar-refractivity contribution in [3.05, 3.63) is 56.8 Å². The molecule has 2 rings (SSSR count). The molecule has 0 bridgehead atoms. The lowest BCUT2D eigenvalue weighted by molar-refractivity contribution is 0.702. The van der Waals surface area contributed by atoms with Gasteiger partial charge in [0.15, 0.2) is 0 Å². The topological polar surface area (TPSA) is 12.0 Å². The second-order valence-electron chi connectivity index (χ2n) is 5.45. The van der Waals surface area contributed by atoms with E-state index >= 15 is 0 Å². The van der Waals surface area contributed by atoms with Crippen molar-refractivity contribution in [3.63, 3.8) is 0 Å². The molecule has 1 heterocycles. The second-order valence-corrected chi connectivity index (χ2v) is 6.74. The summed E-state index contributed by atoms with van der Waals surface area (Å²) in [4.78, 5) is 2.82. The Kier molecular flexibility index (Phi) is 5.38. The van der Waals surface area contributed by atoms with Gasteiger partial charge in [-0.2, -0.15) is 0 Å². The first-order valence-corrected chi connectivity index (χ1v) is 8.30. The molecule has 108 valence electrons. The van der Waals surface area contributed by atoms with E-state index in [4.69, 9.17) is 0 Å². The lowest BCUT2D eigenvalue weighted by Crippen LogP contribution is -2.16. The maximum atomic E-state index is 3.45. The average molecular weight is 287 g/mol. The molecule has 1 atom stereocenters. The average Bonchev–Trinajstić information content (AvgIpc) is 2.78. The van der Waals surface area contributed by atoms with Gasteiger partial charge in [0, 0.05) is 9.75 Å². The van der Waals surface area contributed by atoms with Gasteiger partial charge in [0.2, 0.25) is 0 Å². The molecule has 0 amide bonds. The molecule has 0 fully saturated rings. The Labute approximate surface area is 127 Å². The smallest absolute Gasteiger partial charge is 0.0668 e. The first-order valence-electron chi connectivity index (χ1n) is 7.48. The molecule has 0 radical (unpaired) electrons. The molecule has 20 heavy (non-hydrogen) atoms. The molecule has 1 N–H and O–H groups in total. The summed E-state index contributed by atoms with van der Waals surface area (Å²) in [5.41, 5.74) is 4.20. The molecule has 0 aliphatic carbocycles. The Balaban J connectivity index is 2.19. The van der Waals surface area contributed by atoms with Gasteiger partial charge in [-0.3, -0.25) is 0 Å². The van der Waals surface area contributed by atoms with Crippen LogP contribution in [-0.4, -0.2) is 7.05 Å². The first kappa shape index (κ1) is 15.3. The summed E-state index contributed by atoms with van der Waals surface area (Å²) in [6.07, 6.45) is 3.73. The molecule has 1 aromatic carbocycles. The number of hydrogen-bond donors (Lipinski definition) is 1. The van der Waals surface area contributed by atoms with Crippen molar-refractivity contribution < 1.29 is 0 Å². The molecule has 1 nitrogen and oxygen atoms in total. The second kappa shape index (κ2) is 7.05. The molecule has 0 aliphatic heterocycles. The van der Waals surface area contributed by atoms with Gasteiger partial charge in [0.25, 0.3) is 0 Å². The van der Waals surface area contributed by atoms with E-state index < -0.39 is 0 Å². The minimum absolute atomic E-state index is 0.313. The summed E-state index contributed by atoms with van der Waals surface area (Å²) in [6.45, 7) is 6.63. The highest BCUT2D eigenvalue weighted by molar-refractivity contribution is 7.12. The maximum Gasteiger partial charge on any atom is 0.0668 e. The van der Waals surface area contributed by atoms with Crippen molar-refractivity contribution in [2.24, 2.45) is 0 Å². The first-order chi connectivity index (χ1) is 9.65. The standard InChI is InChI=1S/C18H25NS/c1-5-6-7-15-8-10-16(11-9-15)18(19-4)17-12-13(2)14(3)20-17/h8-12,18-19H,5-7H2,1-4H3. The zero-order valence-electron chi connectivity index (χ0n) is 13.0. The Morgan fingerprint density at radius 3 is 2.35 bits per heavy atom. The number of hydrogen-bond acceptors (Lipinski definition) is 2. The van der Waals surface area contributed by atoms with Crippen LogP contribution in [0, 0.1) is 13.8 Å². The molecule has 2 heteroatoms. The number of benzene rings is 1. The molecule has 1 unspecified atom stereocenters. The fraction of sp³-hybridized carbons (Fsp3) is 0.444. The molecular formula is C18H25NS. The van der Waals surface area contributed by atoms with Gasteiger partial charge in [-0.15, -0.1) is 11.3 Å². The summed E-state index contributed by atoms with van der Waals surface area (Å²) in [5, 5.41) is 3.45. The van der Waals surface area contributed by atoms with Gasteiger partial charge in [-0.1, -0.05) is 37.6 Å². The molecular weight excluding hydrogens is 262 g/mol. The molecule has 1 aromatic heterocycles. The third kappa shape index (κ3) is 3.50. The van der Waals surface area contributed by atoms with Gasteiger partial charge in [0.05, 0.1) is 6.04 Å². The van der Waals surface area contributed by atoms with Crippen LogP contribution in [0.4, 0.5) is 0 Å². The van der Waals surface area contributed by atoms with E-state index in [1.165, 1.54) is 45.7 Å². The molecule has 0 aliphatic rings. The Bertz CT molecular complexity index is 520. The number of unbranched alkanes of at least 4 members (excludes halogenated alkanes) is 1. The number of rotatable bonds is 6. The third-order valence-corrected chi connectivity index (χ3v) is 5.11. The maximum absolute atomic E-state index is 3.45. The van der Waals surface area contributed by atoms with Gasteiger partial charge in [-0.05, 0) is 56.5 Å². The summed E-state index contributed by atoms with van der Waals surface area (Å²) in [7, 11) is 2.04. The largest absolute Gasteiger partial charge is 0.309 e. The van der Waals surface area contributed by atoms with Gasteiger partial charge in [-0.25, -0.2) is 0 Å². The van der Waals surface area contributed by atoms with Crippen molar-refractivity contribution >= 4 is 11.3 Å². The molecule has 0 spiro atoms. The summed E-state index contributed by atoms with van der Waals surface area (Å²) < 4.78 is 0. The Morgan fingerprint density at radius 2 is 1.85 bits per heavy atom. The minimum atomic E-state index is 0.313. The van der Waals surface area contributed by atoms with E-state index in [0.717, 1.165) is 0 Å². The zero-order valence-corrected chi connectivity index (χ0v) is 13.8. The lowest BCUT2D eigenvalue weighted by Gasteiger charge is -2.15. The van der Waals surface area contributed by atoms with Crippen LogP contribution in [0.1, 0.15) is 52.3 Å². The quantitative estimate of drug-likeness (QED) is 0.787. The Hall–Kier alpha value is -1.12. The van der Waals surface area contributed by atoms with Crippen LogP contribution in [0.15, 0.2) is 30.3 Å². The summed E-state index contributed by atoms with van der Waals surface area (Å²) in [6, 6.07) is 11.7. The predicted octanol–water partition coefficient (Wildman–Crippen LogP) is 5.02. The number of aryl methyl sites for hydroxylation is 3. The van der Waals surface area contributed by atoms with Crippen LogP contribution in [0.3, 0.4) is 0 Å². The Morgan fingerprint density at radius 1 is 1.15 bits per heavy atom. The minimum Gasteiger partial charge on any atom is -0.309 e. The lowest BCUT2D eigenvalue weighted by atomic mass is 10.0. The molecule has 0 saturated carbocycles. The predicted molar refractivity (Wildman–Crippen MR) is 89.7 cm³/mol. The van der Waals surface area contributed by atoms with Crippen LogP contribution in [-0.2, 0) is 6.42 Å². The van der Waals surface area contributed by atoms with Crippen LogP contribution in [0.2, 0.25) is 0 Å². The van der Waals surface area contributed by atoms with Crippen LogP contribution in [0.5, 0.6) is 0 Å². The molecule has 0 saturated heterocycles. The van der Waals surface area contributed by atoms with E-state index in [1.54, 1.807) is 0 Å². The van der Waals surface area contributed by atoms with E-state index in [0.29, 0.717) is 6.04 Å². The van der Waals surface area contributed by atoms with Gasteiger partial charge >= 0.3 is 0 Å². The highest BCUT2D eigenvalue weighted by Crippen LogP contribution is 2.30. The fourth-order valence-electron chi connectivity index (χ4n) is 2.47. The monoisotopic (exact) mass is 287 g/mol.